The number of halogens is 2. The number of sulfonamides is 1. The predicted octanol–water partition coefficient (Wildman–Crippen LogP) is 8.80. The minimum absolute atomic E-state index is 0.243. The van der Waals surface area contributed by atoms with Crippen molar-refractivity contribution in [3.8, 4) is 45.1 Å². The van der Waals surface area contributed by atoms with Gasteiger partial charge in [-0.1, -0.05) is 42.0 Å². The molecule has 8 aromatic rings. The molecule has 9 nitrogen and oxygen atoms in total. The molecule has 0 atom stereocenters. The van der Waals surface area contributed by atoms with Gasteiger partial charge in [0.2, 0.25) is 10.0 Å². The third-order valence-corrected chi connectivity index (χ3v) is 10.6. The highest BCUT2D eigenvalue weighted by molar-refractivity contribution is 7.92. The molecule has 260 valence electrons. The second-order valence-electron chi connectivity index (χ2n) is 12.7. The molecule has 52 heavy (non-hydrogen) atoms. The fourth-order valence-corrected chi connectivity index (χ4v) is 7.11. The zero-order valence-corrected chi connectivity index (χ0v) is 29.2. The van der Waals surface area contributed by atoms with Crippen LogP contribution in [0.25, 0.3) is 77.9 Å². The van der Waals surface area contributed by atoms with Crippen molar-refractivity contribution in [2.75, 3.05) is 24.7 Å². The van der Waals surface area contributed by atoms with Crippen LogP contribution in [0.5, 0.6) is 0 Å². The lowest BCUT2D eigenvalue weighted by molar-refractivity contribution is 0.0964. The van der Waals surface area contributed by atoms with Gasteiger partial charge in [0, 0.05) is 81.5 Å². The van der Waals surface area contributed by atoms with Gasteiger partial charge in [-0.3, -0.25) is 14.1 Å². The fraction of sp³-hybridized carbons (Fsp3) is 0.100. The summed E-state index contributed by atoms with van der Waals surface area (Å²) >= 11 is 0. The molecular formula is C40H31F2N5O4S. The van der Waals surface area contributed by atoms with Crippen molar-refractivity contribution in [3.63, 3.8) is 0 Å². The molecular weight excluding hydrogens is 685 g/mol. The molecule has 0 radical (unpaired) electrons. The van der Waals surface area contributed by atoms with Crippen molar-refractivity contribution in [2.45, 2.75) is 6.92 Å². The van der Waals surface area contributed by atoms with Gasteiger partial charge in [-0.2, -0.15) is 0 Å². The zero-order valence-electron chi connectivity index (χ0n) is 28.4. The molecule has 0 unspecified atom stereocenters. The molecule has 0 fully saturated rings. The van der Waals surface area contributed by atoms with Crippen molar-refractivity contribution >= 4 is 54.4 Å². The van der Waals surface area contributed by atoms with Gasteiger partial charge in [0.15, 0.2) is 0 Å². The minimum atomic E-state index is -3.84. The molecule has 4 aromatic carbocycles. The van der Waals surface area contributed by atoms with Gasteiger partial charge in [-0.15, -0.1) is 0 Å². The number of furan rings is 1. The van der Waals surface area contributed by atoms with Crippen LogP contribution in [0.3, 0.4) is 0 Å². The maximum Gasteiger partial charge on any atom is 0.255 e. The van der Waals surface area contributed by atoms with Gasteiger partial charge in [-0.05, 0) is 55.5 Å². The van der Waals surface area contributed by atoms with E-state index in [4.69, 9.17) is 9.40 Å². The molecule has 8 rings (SSSR count). The Labute approximate surface area is 297 Å². The summed E-state index contributed by atoms with van der Waals surface area (Å²) in [6.45, 7) is 1.95. The lowest BCUT2D eigenvalue weighted by atomic mass is 9.95. The average Bonchev–Trinajstić information content (AvgIpc) is 3.86. The first-order valence-electron chi connectivity index (χ1n) is 16.3. The number of aryl methyl sites for hydroxylation is 1. The topological polar surface area (TPSA) is 124 Å². The molecule has 0 bridgehead atoms. The Hall–Kier alpha value is -6.27. The monoisotopic (exact) mass is 715 g/mol. The van der Waals surface area contributed by atoms with Crippen LogP contribution in [-0.2, 0) is 10.0 Å². The largest absolute Gasteiger partial charge is 0.455 e. The predicted molar refractivity (Wildman–Crippen MR) is 201 cm³/mol. The van der Waals surface area contributed by atoms with Crippen LogP contribution in [0.2, 0.25) is 0 Å². The molecule has 0 saturated carbocycles. The number of aromatic amines is 2. The van der Waals surface area contributed by atoms with Crippen LogP contribution < -0.4 is 9.62 Å². The first-order chi connectivity index (χ1) is 24.9. The number of fused-ring (bicyclic) bond motifs is 3. The van der Waals surface area contributed by atoms with E-state index in [2.05, 4.69) is 15.3 Å². The summed E-state index contributed by atoms with van der Waals surface area (Å²) in [6, 6.07) is 25.5. The summed E-state index contributed by atoms with van der Waals surface area (Å²) < 4.78 is 63.6. The number of aromatic nitrogens is 3. The Bertz CT molecular complexity index is 2840. The summed E-state index contributed by atoms with van der Waals surface area (Å²) in [5.74, 6) is -0.895. The van der Waals surface area contributed by atoms with E-state index in [1.165, 1.54) is 26.2 Å². The van der Waals surface area contributed by atoms with E-state index in [0.717, 1.165) is 16.1 Å². The third-order valence-electron chi connectivity index (χ3n) is 9.38. The zero-order chi connectivity index (χ0) is 36.5. The van der Waals surface area contributed by atoms with Gasteiger partial charge in [0.1, 0.15) is 23.0 Å². The number of H-pyrrole nitrogens is 2. The number of rotatable bonds is 7. The molecule has 12 heteroatoms. The SMILES string of the molecule is CNC(=O)c1c(-c2ccc(C)cc2)oc2cc(N(C)S(C)(=O)=O)c(-c3cc(-c4cc5c(F)cccc5[nH]4)cnc3-c3cc4c(F)cccc4[nH]3)cc12. The molecule has 0 saturated heterocycles. The quantitative estimate of drug-likeness (QED) is 0.152. The highest BCUT2D eigenvalue weighted by Gasteiger charge is 2.28. The number of carbonyl (C=O) groups excluding carboxylic acids is 1. The molecule has 1 amide bonds. The van der Waals surface area contributed by atoms with E-state index in [-0.39, 0.29) is 16.8 Å². The highest BCUT2D eigenvalue weighted by atomic mass is 32.2. The average molecular weight is 716 g/mol. The van der Waals surface area contributed by atoms with Crippen molar-refractivity contribution in [3.05, 3.63) is 120 Å². The van der Waals surface area contributed by atoms with Crippen molar-refractivity contribution in [1.82, 2.24) is 20.3 Å². The maximum absolute atomic E-state index is 15.0. The van der Waals surface area contributed by atoms with E-state index >= 15 is 0 Å². The number of anilines is 1. The standard InChI is InChI=1S/C40H31F2N5O4S/c1-21-11-13-22(14-12-21)39-37(40(48)43-2)28-16-24(35(19-36(28)51-39)47(3)52(4,49)50)25-15-23(33-17-26-29(41)7-5-9-31(26)45-33)20-44-38(25)34-18-27-30(42)8-6-10-32(27)46-34/h5-20,45-46H,1-4H3,(H,43,48). The molecule has 3 N–H and O–H groups in total. The molecule has 0 aliphatic carbocycles. The number of carbonyl (C=O) groups is 1. The summed E-state index contributed by atoms with van der Waals surface area (Å²) in [5.41, 5.74) is 6.45. The van der Waals surface area contributed by atoms with Crippen molar-refractivity contribution in [2.24, 2.45) is 0 Å². The van der Waals surface area contributed by atoms with Crippen LogP contribution in [0.1, 0.15) is 15.9 Å². The normalized spacial score (nSPS) is 11.9. The number of benzene rings is 4. The van der Waals surface area contributed by atoms with E-state index in [0.29, 0.717) is 72.3 Å². The Morgan fingerprint density at radius 3 is 2.06 bits per heavy atom. The number of pyridine rings is 1. The Morgan fingerprint density at radius 1 is 0.808 bits per heavy atom. The summed E-state index contributed by atoms with van der Waals surface area (Å²) in [5, 5.41) is 3.89. The number of hydrogen-bond donors (Lipinski definition) is 3. The minimum Gasteiger partial charge on any atom is -0.455 e. The van der Waals surface area contributed by atoms with Gasteiger partial charge < -0.3 is 19.7 Å². The van der Waals surface area contributed by atoms with Gasteiger partial charge >= 0.3 is 0 Å². The third kappa shape index (κ3) is 5.48. The molecule has 0 aliphatic heterocycles. The summed E-state index contributed by atoms with van der Waals surface area (Å²) in [7, 11) is -0.883. The van der Waals surface area contributed by atoms with Gasteiger partial charge in [0.05, 0.1) is 28.9 Å². The molecule has 0 spiro atoms. The van der Waals surface area contributed by atoms with Crippen molar-refractivity contribution in [1.29, 1.82) is 0 Å². The maximum atomic E-state index is 15.0. The van der Waals surface area contributed by atoms with Crippen LogP contribution in [0.4, 0.5) is 14.5 Å². The Balaban J connectivity index is 1.46. The van der Waals surface area contributed by atoms with Crippen LogP contribution in [0.15, 0.2) is 102 Å². The fourth-order valence-electron chi connectivity index (χ4n) is 6.60. The van der Waals surface area contributed by atoms with Crippen molar-refractivity contribution < 1.29 is 26.4 Å². The lowest BCUT2D eigenvalue weighted by Gasteiger charge is -2.22. The van der Waals surface area contributed by atoms with E-state index < -0.39 is 27.6 Å². The van der Waals surface area contributed by atoms with Crippen LogP contribution in [0, 0.1) is 18.6 Å². The first kappa shape index (κ1) is 32.9. The summed E-state index contributed by atoms with van der Waals surface area (Å²) in [6.07, 6.45) is 2.71. The molecule has 4 aromatic heterocycles. The lowest BCUT2D eigenvalue weighted by Crippen LogP contribution is -2.25. The smallest absolute Gasteiger partial charge is 0.255 e. The second kappa shape index (κ2) is 12.2. The molecule has 0 aliphatic rings. The number of nitrogens with zero attached hydrogens (tertiary/aromatic N) is 2. The highest BCUT2D eigenvalue weighted by Crippen LogP contribution is 2.45. The van der Waals surface area contributed by atoms with Crippen LogP contribution >= 0.6 is 0 Å². The van der Waals surface area contributed by atoms with Gasteiger partial charge in [-0.25, -0.2) is 17.2 Å². The van der Waals surface area contributed by atoms with Gasteiger partial charge in [0.25, 0.3) is 5.91 Å². The van der Waals surface area contributed by atoms with E-state index in [9.17, 15) is 22.0 Å². The molecule has 4 heterocycles. The number of amides is 1. The first-order valence-corrected chi connectivity index (χ1v) is 18.2. The second-order valence-corrected chi connectivity index (χ2v) is 14.7. The summed E-state index contributed by atoms with van der Waals surface area (Å²) in [4.78, 5) is 25.0. The Kier molecular flexibility index (Phi) is 7.72. The van der Waals surface area contributed by atoms with E-state index in [1.807, 2.05) is 37.3 Å². The number of nitrogens with one attached hydrogen (secondary N) is 3. The Morgan fingerprint density at radius 2 is 1.44 bits per heavy atom. The van der Waals surface area contributed by atoms with E-state index in [1.54, 1.807) is 54.7 Å². The van der Waals surface area contributed by atoms with Crippen LogP contribution in [-0.4, -0.2) is 49.6 Å². The number of hydrogen-bond acceptors (Lipinski definition) is 5.